The highest BCUT2D eigenvalue weighted by Gasteiger charge is 2.35. The molecule has 6 aromatic heterocycles. The number of fused-ring (bicyclic) bond motifs is 16. The van der Waals surface area contributed by atoms with Gasteiger partial charge in [0.2, 0.25) is 0 Å². The van der Waals surface area contributed by atoms with Crippen molar-refractivity contribution in [1.29, 1.82) is 0 Å². The molecule has 10 heterocycles. The van der Waals surface area contributed by atoms with Crippen molar-refractivity contribution in [3.63, 3.8) is 0 Å². The Morgan fingerprint density at radius 2 is 0.636 bits per heavy atom. The molecule has 334 valence electrons. The Hall–Kier alpha value is -6.94. The maximum absolute atomic E-state index is 6.01. The van der Waals surface area contributed by atoms with Gasteiger partial charge in [-0.25, -0.2) is 0 Å². The van der Waals surface area contributed by atoms with Crippen LogP contribution in [0.1, 0.15) is 101 Å². The molecule has 0 amide bonds. The van der Waals surface area contributed by atoms with Crippen molar-refractivity contribution in [3.05, 3.63) is 143 Å². The Balaban J connectivity index is 1.13. The first-order valence-electron chi connectivity index (χ1n) is 23.1. The number of hydrogen-bond donors (Lipinski definition) is 4. The molecular weight excluding hydrogens is 817 g/mol. The molecule has 7 aromatic rings. The van der Waals surface area contributed by atoms with Crippen molar-refractivity contribution in [1.82, 2.24) is 39.9 Å². The summed E-state index contributed by atoms with van der Waals surface area (Å²) in [5.74, 6) is 1.55. The summed E-state index contributed by atoms with van der Waals surface area (Å²) < 4.78 is 12.0. The minimum atomic E-state index is -0.205. The van der Waals surface area contributed by atoms with Crippen molar-refractivity contribution >= 4 is 44.1 Å². The highest BCUT2D eigenvalue weighted by molar-refractivity contribution is 5.88. The summed E-state index contributed by atoms with van der Waals surface area (Å²) in [6.45, 7) is 18.1. The number of aromatic amines is 4. The van der Waals surface area contributed by atoms with Gasteiger partial charge in [0, 0.05) is 114 Å². The van der Waals surface area contributed by atoms with E-state index in [2.05, 4.69) is 172 Å². The van der Waals surface area contributed by atoms with Gasteiger partial charge in [0.15, 0.2) is 11.5 Å². The molecule has 1 aromatic carbocycles. The van der Waals surface area contributed by atoms with Crippen molar-refractivity contribution in [2.24, 2.45) is 0 Å². The van der Waals surface area contributed by atoms with E-state index in [1.54, 1.807) is 14.2 Å². The first-order valence-corrected chi connectivity index (χ1v) is 23.1. The normalized spacial score (nSPS) is 16.9. The van der Waals surface area contributed by atoms with Crippen LogP contribution in [0, 0.1) is 0 Å². The minimum Gasteiger partial charge on any atom is -0.493 e. The van der Waals surface area contributed by atoms with Crippen LogP contribution < -0.4 is 9.47 Å². The summed E-state index contributed by atoms with van der Waals surface area (Å²) in [5, 5.41) is 0. The second-order valence-corrected chi connectivity index (χ2v) is 21.3. The topological polar surface area (TPSA) is 133 Å². The maximum atomic E-state index is 6.01. The van der Waals surface area contributed by atoms with Crippen LogP contribution in [0.3, 0.4) is 0 Å². The number of aromatic nitrogens is 8. The van der Waals surface area contributed by atoms with Crippen LogP contribution in [-0.2, 0) is 47.3 Å². The van der Waals surface area contributed by atoms with Crippen LogP contribution in [-0.4, -0.2) is 54.1 Å². The lowest BCUT2D eigenvalue weighted by Gasteiger charge is -2.17. The quantitative estimate of drug-likeness (QED) is 0.139. The van der Waals surface area contributed by atoms with Gasteiger partial charge in [0.1, 0.15) is 0 Å². The lowest BCUT2D eigenvalue weighted by atomic mass is 9.85. The molecule has 11 rings (SSSR count). The first-order chi connectivity index (χ1) is 31.5. The van der Waals surface area contributed by atoms with E-state index < -0.39 is 0 Å². The summed E-state index contributed by atoms with van der Waals surface area (Å²) in [5.41, 5.74) is 19.4. The maximum Gasteiger partial charge on any atom is 0.163 e. The SMILES string of the molecule is COc1c2nc(cc3ccc([nH]3)c(-c3ccc(-c4c5nc(cc6ccc([nH]6)c(OC)c6nc(cc7ccc4[nH]7)C(C)(C)C6)C(C)(C)C5)cc3)c3nc(cc4ccc1[nH]4)C(C)(C)C3)C(C)(C)C2. The van der Waals surface area contributed by atoms with E-state index in [0.717, 1.165) is 149 Å². The standard InChI is InChI=1S/C56H58N8O2/c1-53(2)27-41-49(37-19-15-33(57-37)23-47-55(5,6)29-43(63-47)51(65-9)39-21-17-35(59-39)25-45(53)61-41)31-11-13-32(14-12-31)50-38-20-16-34(58-38)24-48-56(7,8)30-44(64-48)52(66-10)40-22-18-36(60-40)26-46-54(3,4)28-42(50)62-46/h11-26,57-60H,27-30H2,1-10H3. The molecule has 0 aliphatic carbocycles. The lowest BCUT2D eigenvalue weighted by Crippen LogP contribution is -2.15. The van der Waals surface area contributed by atoms with E-state index in [-0.39, 0.29) is 21.7 Å². The number of nitrogens with one attached hydrogen (secondary N) is 4. The highest BCUT2D eigenvalue weighted by atomic mass is 16.5. The van der Waals surface area contributed by atoms with Crippen LogP contribution in [0.2, 0.25) is 0 Å². The molecule has 0 atom stereocenters. The third kappa shape index (κ3) is 7.09. The van der Waals surface area contributed by atoms with Gasteiger partial charge in [-0.05, 0) is 83.9 Å². The van der Waals surface area contributed by atoms with Gasteiger partial charge in [-0.1, -0.05) is 79.7 Å². The Morgan fingerprint density at radius 1 is 0.364 bits per heavy atom. The van der Waals surface area contributed by atoms with Crippen molar-refractivity contribution in [2.75, 3.05) is 14.2 Å². The number of benzene rings is 1. The van der Waals surface area contributed by atoms with E-state index in [1.165, 1.54) is 0 Å². The smallest absolute Gasteiger partial charge is 0.163 e. The molecule has 4 aliphatic rings. The molecule has 0 saturated carbocycles. The van der Waals surface area contributed by atoms with Crippen molar-refractivity contribution in [3.8, 4) is 33.8 Å². The molecule has 0 fully saturated rings. The minimum absolute atomic E-state index is 0.178. The predicted octanol–water partition coefficient (Wildman–Crippen LogP) is 12.4. The fourth-order valence-electron chi connectivity index (χ4n) is 10.5. The van der Waals surface area contributed by atoms with Gasteiger partial charge in [0.25, 0.3) is 0 Å². The zero-order chi connectivity index (χ0) is 45.9. The molecule has 16 bridgehead atoms. The van der Waals surface area contributed by atoms with Crippen LogP contribution in [0.5, 0.6) is 11.5 Å². The fourth-order valence-corrected chi connectivity index (χ4v) is 10.5. The molecular formula is C56H58N8O2. The summed E-state index contributed by atoms with van der Waals surface area (Å²) in [4.78, 5) is 36.1. The van der Waals surface area contributed by atoms with Crippen LogP contribution in [0.25, 0.3) is 66.4 Å². The van der Waals surface area contributed by atoms with Crippen molar-refractivity contribution < 1.29 is 9.47 Å². The van der Waals surface area contributed by atoms with Crippen LogP contribution in [0.4, 0.5) is 0 Å². The average molecular weight is 875 g/mol. The number of rotatable bonds is 4. The summed E-state index contributed by atoms with van der Waals surface area (Å²) in [6.07, 6.45) is 3.10. The molecule has 66 heavy (non-hydrogen) atoms. The molecule has 0 radical (unpaired) electrons. The molecule has 10 heteroatoms. The van der Waals surface area contributed by atoms with Crippen LogP contribution in [0.15, 0.2) is 97.1 Å². The number of hydrogen-bond acceptors (Lipinski definition) is 6. The molecule has 0 saturated heterocycles. The van der Waals surface area contributed by atoms with Gasteiger partial charge >= 0.3 is 0 Å². The number of methoxy groups -OCH3 is 2. The Labute approximate surface area is 385 Å². The number of H-pyrrole nitrogens is 4. The van der Waals surface area contributed by atoms with E-state index in [4.69, 9.17) is 29.4 Å². The fraction of sp³-hybridized carbons (Fsp3) is 0.321. The summed E-state index contributed by atoms with van der Waals surface area (Å²) >= 11 is 0. The predicted molar refractivity (Wildman–Crippen MR) is 266 cm³/mol. The Bertz CT molecular complexity index is 3240. The van der Waals surface area contributed by atoms with E-state index in [0.29, 0.717) is 0 Å². The zero-order valence-corrected chi connectivity index (χ0v) is 39.7. The first kappa shape index (κ1) is 41.7. The zero-order valence-electron chi connectivity index (χ0n) is 39.7. The van der Waals surface area contributed by atoms with E-state index in [1.807, 2.05) is 0 Å². The number of nitrogens with zero attached hydrogens (tertiary/aromatic N) is 4. The molecule has 0 spiro atoms. The van der Waals surface area contributed by atoms with Gasteiger partial charge < -0.3 is 29.4 Å². The average Bonchev–Trinajstić information content (AvgIpc) is 4.13. The lowest BCUT2D eigenvalue weighted by molar-refractivity contribution is 0.409. The number of ether oxygens (including phenoxy) is 2. The largest absolute Gasteiger partial charge is 0.493 e. The van der Waals surface area contributed by atoms with Gasteiger partial charge in [0.05, 0.1) is 48.0 Å². The molecule has 4 N–H and O–H groups in total. The third-order valence-electron chi connectivity index (χ3n) is 14.2. The second-order valence-electron chi connectivity index (χ2n) is 21.3. The van der Waals surface area contributed by atoms with Crippen molar-refractivity contribution in [2.45, 2.75) is 103 Å². The summed E-state index contributed by atoms with van der Waals surface area (Å²) in [6, 6.07) is 34.9. The Kier molecular flexibility index (Phi) is 9.35. The molecule has 4 aliphatic heterocycles. The van der Waals surface area contributed by atoms with E-state index >= 15 is 0 Å². The highest BCUT2D eigenvalue weighted by Crippen LogP contribution is 2.42. The van der Waals surface area contributed by atoms with E-state index in [9.17, 15) is 0 Å². The molecule has 0 unspecified atom stereocenters. The van der Waals surface area contributed by atoms with Gasteiger partial charge in [-0.3, -0.25) is 19.9 Å². The Morgan fingerprint density at radius 3 is 0.955 bits per heavy atom. The monoisotopic (exact) mass is 874 g/mol. The second kappa shape index (κ2) is 14.8. The van der Waals surface area contributed by atoms with Gasteiger partial charge in [-0.15, -0.1) is 0 Å². The molecule has 10 nitrogen and oxygen atoms in total. The van der Waals surface area contributed by atoms with Crippen LogP contribution >= 0.6 is 0 Å². The van der Waals surface area contributed by atoms with Gasteiger partial charge in [-0.2, -0.15) is 0 Å². The third-order valence-corrected chi connectivity index (χ3v) is 14.2. The summed E-state index contributed by atoms with van der Waals surface area (Å²) in [7, 11) is 3.45.